The van der Waals surface area contributed by atoms with Gasteiger partial charge in [-0.2, -0.15) is 0 Å². The number of rotatable bonds is 10. The van der Waals surface area contributed by atoms with E-state index in [0.29, 0.717) is 17.6 Å². The van der Waals surface area contributed by atoms with Crippen molar-refractivity contribution in [1.82, 2.24) is 0 Å². The van der Waals surface area contributed by atoms with Crippen molar-refractivity contribution in [3.63, 3.8) is 0 Å². The Balaban J connectivity index is 1.52. The van der Waals surface area contributed by atoms with Crippen molar-refractivity contribution in [1.29, 1.82) is 0 Å². The largest absolute Gasteiger partial charge is 0.477 e. The number of aryl methyl sites for hydroxylation is 4. The summed E-state index contributed by atoms with van der Waals surface area (Å²) < 4.78 is 11.9. The minimum Gasteiger partial charge on any atom is -0.477 e. The van der Waals surface area contributed by atoms with Crippen LogP contribution in [0.5, 0.6) is 11.5 Å². The highest BCUT2D eigenvalue weighted by molar-refractivity contribution is 7.32. The summed E-state index contributed by atoms with van der Waals surface area (Å²) >= 11 is 0. The zero-order chi connectivity index (χ0) is 18.1. The summed E-state index contributed by atoms with van der Waals surface area (Å²) in [4.78, 5) is 0. The van der Waals surface area contributed by atoms with E-state index in [1.165, 1.54) is 41.5 Å². The molecule has 0 aliphatic rings. The van der Waals surface area contributed by atoms with Gasteiger partial charge in [-0.1, -0.05) is 30.7 Å². The van der Waals surface area contributed by atoms with Gasteiger partial charge in [0.2, 0.25) is 0 Å². The Morgan fingerprint density at radius 2 is 1.08 bits per heavy atom. The molecule has 0 aliphatic heterocycles. The van der Waals surface area contributed by atoms with Crippen LogP contribution in [-0.2, 0) is 0 Å². The van der Waals surface area contributed by atoms with Crippen LogP contribution in [0.1, 0.15) is 41.5 Å². The quantitative estimate of drug-likeness (QED) is 0.338. The third kappa shape index (κ3) is 7.35. The first kappa shape index (κ1) is 20.2. The van der Waals surface area contributed by atoms with Crippen LogP contribution in [0.4, 0.5) is 0 Å². The molecule has 2 rings (SSSR count). The lowest BCUT2D eigenvalue weighted by molar-refractivity contribution is 0.613. The van der Waals surface area contributed by atoms with Crippen molar-refractivity contribution in [3.8, 4) is 11.5 Å². The molecule has 0 radical (unpaired) electrons. The molecule has 0 heterocycles. The molecule has 0 aliphatic carbocycles. The van der Waals surface area contributed by atoms with Gasteiger partial charge in [0.15, 0.2) is 0 Å². The van der Waals surface area contributed by atoms with E-state index in [-0.39, 0.29) is 0 Å². The molecule has 0 bridgehead atoms. The normalized spacial score (nSPS) is 11.7. The number of hydrogen-bond donors (Lipinski definition) is 0. The van der Waals surface area contributed by atoms with Gasteiger partial charge < -0.3 is 9.05 Å². The monoisotopic (exact) mass is 376 g/mol. The van der Waals surface area contributed by atoms with Crippen molar-refractivity contribution < 1.29 is 9.05 Å². The summed E-state index contributed by atoms with van der Waals surface area (Å²) in [6.07, 6.45) is 6.02. The van der Waals surface area contributed by atoms with Gasteiger partial charge in [-0.3, -0.25) is 0 Å². The Morgan fingerprint density at radius 1 is 0.640 bits per heavy atom. The molecule has 4 heteroatoms. The average molecular weight is 376 g/mol. The number of hydrogen-bond acceptors (Lipinski definition) is 2. The third-order valence-corrected chi connectivity index (χ3v) is 5.95. The van der Waals surface area contributed by atoms with Gasteiger partial charge in [0.05, 0.1) is 17.6 Å². The van der Waals surface area contributed by atoms with E-state index in [1.807, 2.05) is 0 Å². The van der Waals surface area contributed by atoms with Crippen LogP contribution in [0.2, 0.25) is 0 Å². The second-order valence-corrected chi connectivity index (χ2v) is 8.58. The second-order valence-electron chi connectivity index (χ2n) is 6.59. The van der Waals surface area contributed by atoms with E-state index in [4.69, 9.17) is 9.05 Å². The molecule has 2 aromatic rings. The molecule has 0 amide bonds. The minimum atomic E-state index is 0.560. The first-order valence-corrected chi connectivity index (χ1v) is 11.2. The standard InChI is InChI=1S/C21H30O2P2/c1-16-8-10-18(3)20(14-16)22-24-12-6-5-7-13-25-23-21-15-17(2)9-11-19(21)4/h8-11,14-15,24-25H,5-7,12-13H2,1-4H3. The molecule has 0 spiro atoms. The van der Waals surface area contributed by atoms with Gasteiger partial charge in [-0.15, -0.1) is 0 Å². The maximum absolute atomic E-state index is 5.93. The van der Waals surface area contributed by atoms with E-state index >= 15 is 0 Å². The molecular weight excluding hydrogens is 346 g/mol. The molecule has 2 nitrogen and oxygen atoms in total. The van der Waals surface area contributed by atoms with Crippen LogP contribution in [-0.4, -0.2) is 12.3 Å². The fraction of sp³-hybridized carbons (Fsp3) is 0.429. The molecular formula is C21H30O2P2. The molecule has 25 heavy (non-hydrogen) atoms. The Hall–Kier alpha value is -1.10. The van der Waals surface area contributed by atoms with Gasteiger partial charge in [0.25, 0.3) is 0 Å². The highest BCUT2D eigenvalue weighted by Gasteiger charge is 2.01. The van der Waals surface area contributed by atoms with Crippen molar-refractivity contribution in [2.45, 2.75) is 47.0 Å². The maximum Gasteiger partial charge on any atom is 0.126 e. The van der Waals surface area contributed by atoms with Gasteiger partial charge in [0.1, 0.15) is 11.5 Å². The summed E-state index contributed by atoms with van der Waals surface area (Å²) in [5.41, 5.74) is 4.97. The Labute approximate surface area is 156 Å². The highest BCUT2D eigenvalue weighted by Crippen LogP contribution is 2.28. The molecule has 136 valence electrons. The van der Waals surface area contributed by atoms with Crippen LogP contribution in [0, 0.1) is 27.7 Å². The van der Waals surface area contributed by atoms with Crippen LogP contribution < -0.4 is 9.05 Å². The summed E-state index contributed by atoms with van der Waals surface area (Å²) in [5, 5.41) is 0. The summed E-state index contributed by atoms with van der Waals surface area (Å²) in [6, 6.07) is 12.8. The molecule has 2 aromatic carbocycles. The number of unbranched alkanes of at least 4 members (excludes halogenated alkanes) is 2. The smallest absolute Gasteiger partial charge is 0.126 e. The first-order valence-electron chi connectivity index (χ1n) is 9.00. The van der Waals surface area contributed by atoms with Crippen molar-refractivity contribution in [2.24, 2.45) is 0 Å². The lowest BCUT2D eigenvalue weighted by Crippen LogP contribution is -1.89. The summed E-state index contributed by atoms with van der Waals surface area (Å²) in [5.74, 6) is 2.09. The Bertz CT molecular complexity index is 613. The van der Waals surface area contributed by atoms with Crippen molar-refractivity contribution in [2.75, 3.05) is 12.3 Å². The van der Waals surface area contributed by atoms with Gasteiger partial charge in [-0.05, 0) is 74.9 Å². The van der Waals surface area contributed by atoms with Crippen LogP contribution in [0.15, 0.2) is 36.4 Å². The molecule has 0 saturated heterocycles. The maximum atomic E-state index is 5.93. The average Bonchev–Trinajstić information content (AvgIpc) is 2.59. The van der Waals surface area contributed by atoms with E-state index in [1.54, 1.807) is 0 Å². The van der Waals surface area contributed by atoms with Crippen molar-refractivity contribution >= 4 is 17.6 Å². The number of benzene rings is 2. The molecule has 0 saturated carbocycles. The van der Waals surface area contributed by atoms with E-state index in [2.05, 4.69) is 64.1 Å². The Kier molecular flexibility index (Phi) is 8.73. The first-order chi connectivity index (χ1) is 12.1. The third-order valence-electron chi connectivity index (χ3n) is 4.11. The summed E-state index contributed by atoms with van der Waals surface area (Å²) in [6.45, 7) is 8.43. The van der Waals surface area contributed by atoms with Crippen molar-refractivity contribution in [3.05, 3.63) is 58.7 Å². The highest BCUT2D eigenvalue weighted by atomic mass is 31.1. The van der Waals surface area contributed by atoms with Gasteiger partial charge in [0, 0.05) is 12.3 Å². The second kappa shape index (κ2) is 10.8. The predicted molar refractivity (Wildman–Crippen MR) is 113 cm³/mol. The summed E-state index contributed by atoms with van der Waals surface area (Å²) in [7, 11) is 1.12. The van der Waals surface area contributed by atoms with E-state index < -0.39 is 0 Å². The molecule has 0 aromatic heterocycles. The van der Waals surface area contributed by atoms with E-state index in [9.17, 15) is 0 Å². The molecule has 2 unspecified atom stereocenters. The fourth-order valence-electron chi connectivity index (χ4n) is 2.46. The zero-order valence-electron chi connectivity index (χ0n) is 15.8. The topological polar surface area (TPSA) is 18.5 Å². The van der Waals surface area contributed by atoms with Crippen LogP contribution in [0.3, 0.4) is 0 Å². The van der Waals surface area contributed by atoms with Crippen LogP contribution >= 0.6 is 17.6 Å². The predicted octanol–water partition coefficient (Wildman–Crippen LogP) is 6.74. The fourth-order valence-corrected chi connectivity index (χ4v) is 4.21. The minimum absolute atomic E-state index is 0.560. The zero-order valence-corrected chi connectivity index (χ0v) is 17.8. The van der Waals surface area contributed by atoms with Crippen LogP contribution in [0.25, 0.3) is 0 Å². The molecule has 0 N–H and O–H groups in total. The molecule has 0 fully saturated rings. The lowest BCUT2D eigenvalue weighted by atomic mass is 10.1. The Morgan fingerprint density at radius 3 is 1.52 bits per heavy atom. The van der Waals surface area contributed by atoms with E-state index in [0.717, 1.165) is 23.8 Å². The van der Waals surface area contributed by atoms with Gasteiger partial charge in [-0.25, -0.2) is 0 Å². The molecule has 2 atom stereocenters. The SMILES string of the molecule is Cc1ccc(C)c(OPCCCCCPOc2cc(C)ccc2C)c1. The lowest BCUT2D eigenvalue weighted by Gasteiger charge is -2.10. The van der Waals surface area contributed by atoms with Gasteiger partial charge >= 0.3 is 0 Å².